The van der Waals surface area contributed by atoms with Crippen LogP contribution in [-0.2, 0) is 4.74 Å². The molecular formula is C12H22N2O2S. The average molecular weight is 258 g/mol. The van der Waals surface area contributed by atoms with Crippen LogP contribution in [0.15, 0.2) is 4.99 Å². The van der Waals surface area contributed by atoms with Crippen molar-refractivity contribution in [2.24, 2.45) is 10.9 Å². The van der Waals surface area contributed by atoms with E-state index in [4.69, 9.17) is 4.74 Å². The van der Waals surface area contributed by atoms with Crippen LogP contribution in [0, 0.1) is 5.92 Å². The molecule has 1 aliphatic rings. The van der Waals surface area contributed by atoms with Crippen molar-refractivity contribution >= 4 is 23.0 Å². The molecule has 0 fully saturated rings. The predicted molar refractivity (Wildman–Crippen MR) is 72.5 cm³/mol. The highest BCUT2D eigenvalue weighted by molar-refractivity contribution is 8.13. The van der Waals surface area contributed by atoms with Gasteiger partial charge in [-0.2, -0.15) is 0 Å². The summed E-state index contributed by atoms with van der Waals surface area (Å²) >= 11 is 1.50. The molecule has 1 rings (SSSR count). The fourth-order valence-corrected chi connectivity index (χ4v) is 2.16. The van der Waals surface area contributed by atoms with Gasteiger partial charge in [0, 0.05) is 13.1 Å². The van der Waals surface area contributed by atoms with Crippen LogP contribution in [0.4, 0.5) is 4.79 Å². The van der Waals surface area contributed by atoms with E-state index >= 15 is 0 Å². The van der Waals surface area contributed by atoms with Gasteiger partial charge in [-0.05, 0) is 39.4 Å². The number of amides is 1. The second-order valence-corrected chi connectivity index (χ2v) is 5.97. The third-order valence-electron chi connectivity index (χ3n) is 2.53. The van der Waals surface area contributed by atoms with Crippen LogP contribution in [0.2, 0.25) is 0 Å². The van der Waals surface area contributed by atoms with Gasteiger partial charge in [0.15, 0.2) is 5.17 Å². The molecule has 0 aromatic rings. The Morgan fingerprint density at radius 1 is 1.59 bits per heavy atom. The van der Waals surface area contributed by atoms with Gasteiger partial charge in [-0.25, -0.2) is 4.79 Å². The van der Waals surface area contributed by atoms with Gasteiger partial charge in [0.1, 0.15) is 5.60 Å². The summed E-state index contributed by atoms with van der Waals surface area (Å²) in [6.45, 7) is 9.28. The van der Waals surface area contributed by atoms with Crippen molar-refractivity contribution in [3.05, 3.63) is 0 Å². The molecule has 0 bridgehead atoms. The number of carbonyl (C=O) groups excluding carboxylic acids is 1. The Balaban J connectivity index is 2.75. The monoisotopic (exact) mass is 258 g/mol. The van der Waals surface area contributed by atoms with E-state index < -0.39 is 5.60 Å². The first-order chi connectivity index (χ1) is 7.87. The van der Waals surface area contributed by atoms with Crippen LogP contribution in [0.3, 0.4) is 0 Å². The van der Waals surface area contributed by atoms with Crippen molar-refractivity contribution in [3.63, 3.8) is 0 Å². The number of ether oxygens (including phenoxy) is 1. The first-order valence-electron chi connectivity index (χ1n) is 5.96. The molecule has 4 nitrogen and oxygen atoms in total. The topological polar surface area (TPSA) is 41.9 Å². The molecule has 0 spiro atoms. The molecular weight excluding hydrogens is 236 g/mol. The maximum absolute atomic E-state index is 12.1. The van der Waals surface area contributed by atoms with E-state index in [1.54, 1.807) is 4.90 Å². The van der Waals surface area contributed by atoms with Crippen molar-refractivity contribution in [2.45, 2.75) is 39.7 Å². The second kappa shape index (κ2) is 5.76. The summed E-state index contributed by atoms with van der Waals surface area (Å²) in [4.78, 5) is 18.2. The maximum Gasteiger partial charge on any atom is 0.416 e. The van der Waals surface area contributed by atoms with E-state index in [-0.39, 0.29) is 6.09 Å². The smallest absolute Gasteiger partial charge is 0.416 e. The Bertz CT molecular complexity index is 310. The fourth-order valence-electron chi connectivity index (χ4n) is 1.59. The molecule has 0 aliphatic carbocycles. The Labute approximate surface area is 108 Å². The number of aliphatic imine (C=N–C) groups is 1. The zero-order valence-corrected chi connectivity index (χ0v) is 12.1. The van der Waals surface area contributed by atoms with E-state index in [0.29, 0.717) is 12.5 Å². The molecule has 0 radical (unpaired) electrons. The third kappa shape index (κ3) is 4.22. The van der Waals surface area contributed by atoms with E-state index in [0.717, 1.165) is 18.1 Å². The van der Waals surface area contributed by atoms with E-state index in [2.05, 4.69) is 11.9 Å². The summed E-state index contributed by atoms with van der Waals surface area (Å²) in [5.74, 6) is 0.443. The Hall–Kier alpha value is -0.710. The van der Waals surface area contributed by atoms with Gasteiger partial charge in [-0.3, -0.25) is 9.89 Å². The predicted octanol–water partition coefficient (Wildman–Crippen LogP) is 2.98. The summed E-state index contributed by atoms with van der Waals surface area (Å²) < 4.78 is 5.39. The van der Waals surface area contributed by atoms with E-state index in [9.17, 15) is 4.79 Å². The van der Waals surface area contributed by atoms with Crippen LogP contribution in [-0.4, -0.2) is 41.1 Å². The van der Waals surface area contributed by atoms with Crippen molar-refractivity contribution in [1.82, 2.24) is 4.90 Å². The fraction of sp³-hybridized carbons (Fsp3) is 0.833. The van der Waals surface area contributed by atoms with Crippen molar-refractivity contribution in [1.29, 1.82) is 0 Å². The number of amidine groups is 1. The lowest BCUT2D eigenvalue weighted by Crippen LogP contribution is -2.45. The normalized spacial score (nSPS) is 21.1. The minimum Gasteiger partial charge on any atom is -0.443 e. The maximum atomic E-state index is 12.1. The average Bonchev–Trinajstić information content (AvgIpc) is 2.25. The molecule has 0 saturated carbocycles. The largest absolute Gasteiger partial charge is 0.443 e. The standard InChI is InChI=1S/C12H22N2O2S/c1-6-9-7-13-10(17-5)14(8-9)11(15)16-12(2,3)4/h9H,6-8H2,1-5H3. The van der Waals surface area contributed by atoms with Gasteiger partial charge >= 0.3 is 6.09 Å². The van der Waals surface area contributed by atoms with E-state index in [1.807, 2.05) is 27.0 Å². The van der Waals surface area contributed by atoms with Gasteiger partial charge in [0.25, 0.3) is 0 Å². The first kappa shape index (κ1) is 14.4. The molecule has 1 heterocycles. The van der Waals surface area contributed by atoms with Crippen molar-refractivity contribution in [3.8, 4) is 0 Å². The van der Waals surface area contributed by atoms with Gasteiger partial charge in [-0.15, -0.1) is 0 Å². The summed E-state index contributed by atoms with van der Waals surface area (Å²) in [6.07, 6.45) is 2.68. The summed E-state index contributed by atoms with van der Waals surface area (Å²) in [5.41, 5.74) is -0.459. The molecule has 0 saturated heterocycles. The zero-order valence-electron chi connectivity index (χ0n) is 11.3. The van der Waals surface area contributed by atoms with Gasteiger partial charge in [-0.1, -0.05) is 18.7 Å². The Morgan fingerprint density at radius 3 is 2.71 bits per heavy atom. The number of carbonyl (C=O) groups is 1. The number of hydrogen-bond donors (Lipinski definition) is 0. The third-order valence-corrected chi connectivity index (χ3v) is 3.24. The lowest BCUT2D eigenvalue weighted by molar-refractivity contribution is 0.0346. The Morgan fingerprint density at radius 2 is 2.24 bits per heavy atom. The minimum atomic E-state index is -0.459. The van der Waals surface area contributed by atoms with Crippen LogP contribution < -0.4 is 0 Å². The SMILES string of the molecule is CCC1CN=C(SC)N(C(=O)OC(C)(C)C)C1. The molecule has 1 unspecified atom stereocenters. The van der Waals surface area contributed by atoms with Gasteiger partial charge in [0.2, 0.25) is 0 Å². The number of nitrogens with zero attached hydrogens (tertiary/aromatic N) is 2. The quantitative estimate of drug-likeness (QED) is 0.726. The van der Waals surface area contributed by atoms with Gasteiger partial charge < -0.3 is 4.74 Å². The van der Waals surface area contributed by atoms with Crippen LogP contribution in [0.5, 0.6) is 0 Å². The summed E-state index contributed by atoms with van der Waals surface area (Å²) in [7, 11) is 0. The van der Waals surface area contributed by atoms with Crippen LogP contribution >= 0.6 is 11.8 Å². The lowest BCUT2D eigenvalue weighted by atomic mass is 10.1. The van der Waals surface area contributed by atoms with E-state index in [1.165, 1.54) is 11.8 Å². The zero-order chi connectivity index (χ0) is 13.1. The lowest BCUT2D eigenvalue weighted by Gasteiger charge is -2.32. The highest BCUT2D eigenvalue weighted by atomic mass is 32.2. The second-order valence-electron chi connectivity index (χ2n) is 5.19. The molecule has 17 heavy (non-hydrogen) atoms. The highest BCUT2D eigenvalue weighted by Crippen LogP contribution is 2.20. The molecule has 0 aromatic carbocycles. The molecule has 0 N–H and O–H groups in total. The molecule has 1 amide bonds. The molecule has 0 aromatic heterocycles. The molecule has 5 heteroatoms. The van der Waals surface area contributed by atoms with Gasteiger partial charge in [0.05, 0.1) is 0 Å². The first-order valence-corrected chi connectivity index (χ1v) is 7.18. The van der Waals surface area contributed by atoms with Crippen LogP contribution in [0.1, 0.15) is 34.1 Å². The number of rotatable bonds is 1. The Kier molecular flexibility index (Phi) is 4.86. The summed E-state index contributed by atoms with van der Waals surface area (Å²) in [5, 5.41) is 0.768. The molecule has 1 atom stereocenters. The molecule has 1 aliphatic heterocycles. The number of thioether (sulfide) groups is 1. The van der Waals surface area contributed by atoms with Crippen LogP contribution in [0.25, 0.3) is 0 Å². The van der Waals surface area contributed by atoms with Crippen molar-refractivity contribution in [2.75, 3.05) is 19.3 Å². The van der Waals surface area contributed by atoms with Crippen molar-refractivity contribution < 1.29 is 9.53 Å². The summed E-state index contributed by atoms with van der Waals surface area (Å²) in [6, 6.07) is 0. The highest BCUT2D eigenvalue weighted by Gasteiger charge is 2.30. The minimum absolute atomic E-state index is 0.288. The molecule has 98 valence electrons. The number of hydrogen-bond acceptors (Lipinski definition) is 4.